The van der Waals surface area contributed by atoms with E-state index < -0.39 is 5.97 Å². The molecule has 4 rings (SSSR count). The zero-order valence-electron chi connectivity index (χ0n) is 21.0. The fraction of sp³-hybridized carbons (Fsp3) is 0.926. The molecule has 6 heteroatoms. The van der Waals surface area contributed by atoms with E-state index in [0.717, 1.165) is 38.5 Å². The van der Waals surface area contributed by atoms with Crippen LogP contribution in [0.4, 0.5) is 0 Å². The molecule has 4 fully saturated rings. The summed E-state index contributed by atoms with van der Waals surface area (Å²) in [7, 11) is 1.57. The van der Waals surface area contributed by atoms with Crippen molar-refractivity contribution in [3.05, 3.63) is 0 Å². The molecule has 4 aliphatic carbocycles. The van der Waals surface area contributed by atoms with Crippen molar-refractivity contribution in [2.45, 2.75) is 97.2 Å². The zero-order valence-corrected chi connectivity index (χ0v) is 21.0. The Morgan fingerprint density at radius 3 is 2.36 bits per heavy atom. The number of hydrogen-bond donors (Lipinski definition) is 3. The van der Waals surface area contributed by atoms with E-state index in [1.807, 2.05) is 0 Å². The van der Waals surface area contributed by atoms with Gasteiger partial charge in [0.05, 0.1) is 12.2 Å². The quantitative estimate of drug-likeness (QED) is 0.554. The molecule has 0 spiro atoms. The van der Waals surface area contributed by atoms with Crippen LogP contribution in [0.15, 0.2) is 0 Å². The molecule has 10 atom stereocenters. The van der Waals surface area contributed by atoms with Crippen LogP contribution in [0.25, 0.3) is 0 Å². The molecule has 6 nitrogen and oxygen atoms in total. The lowest BCUT2D eigenvalue weighted by molar-refractivity contribution is -0.174. The molecule has 0 saturated heterocycles. The van der Waals surface area contributed by atoms with Gasteiger partial charge >= 0.3 is 5.97 Å². The first-order valence-corrected chi connectivity index (χ1v) is 13.3. The van der Waals surface area contributed by atoms with E-state index in [1.54, 1.807) is 7.05 Å². The van der Waals surface area contributed by atoms with Gasteiger partial charge in [-0.05, 0) is 104 Å². The first-order chi connectivity index (χ1) is 15.5. The summed E-state index contributed by atoms with van der Waals surface area (Å²) in [5.74, 6) is 1.78. The molecule has 0 aromatic carbocycles. The minimum Gasteiger partial charge on any atom is -0.480 e. The summed E-state index contributed by atoms with van der Waals surface area (Å²) in [6, 6.07) is 0. The van der Waals surface area contributed by atoms with E-state index in [0.29, 0.717) is 41.9 Å². The number of aliphatic hydroxyl groups excluding tert-OH is 2. The number of nitrogens with zero attached hydrogens (tertiary/aromatic N) is 1. The van der Waals surface area contributed by atoms with Gasteiger partial charge in [0.2, 0.25) is 5.91 Å². The van der Waals surface area contributed by atoms with Crippen molar-refractivity contribution in [3.63, 3.8) is 0 Å². The molecule has 188 valence electrons. The molecule has 4 aliphatic rings. The lowest BCUT2D eigenvalue weighted by atomic mass is 9.43. The molecule has 0 aliphatic heterocycles. The van der Waals surface area contributed by atoms with Gasteiger partial charge in [-0.3, -0.25) is 9.59 Å². The monoisotopic (exact) mass is 463 g/mol. The van der Waals surface area contributed by atoms with E-state index in [-0.39, 0.29) is 35.5 Å². The molecule has 0 aromatic rings. The van der Waals surface area contributed by atoms with Crippen LogP contribution in [-0.4, -0.2) is 57.9 Å². The molecule has 6 unspecified atom stereocenters. The number of carboxylic acid groups (broad SMARTS) is 1. The van der Waals surface area contributed by atoms with E-state index in [1.165, 1.54) is 24.2 Å². The van der Waals surface area contributed by atoms with E-state index in [4.69, 9.17) is 5.11 Å². The van der Waals surface area contributed by atoms with Gasteiger partial charge in [0.1, 0.15) is 6.54 Å². The number of hydrogen-bond acceptors (Lipinski definition) is 4. The van der Waals surface area contributed by atoms with Crippen LogP contribution < -0.4 is 0 Å². The number of likely N-dealkylation sites (N-methyl/N-ethyl adjacent to an activating group) is 1. The number of aliphatic carboxylic acids is 1. The highest BCUT2D eigenvalue weighted by molar-refractivity contribution is 5.80. The Labute approximate surface area is 199 Å². The van der Waals surface area contributed by atoms with Crippen LogP contribution in [0.3, 0.4) is 0 Å². The largest absolute Gasteiger partial charge is 0.480 e. The molecule has 0 heterocycles. The second-order valence-corrected chi connectivity index (χ2v) is 12.6. The van der Waals surface area contributed by atoms with E-state index >= 15 is 0 Å². The predicted octanol–water partition coefficient (Wildman–Crippen LogP) is 3.94. The van der Waals surface area contributed by atoms with Crippen LogP contribution >= 0.6 is 0 Å². The van der Waals surface area contributed by atoms with E-state index in [2.05, 4.69) is 20.8 Å². The normalized spacial score (nSPS) is 45.5. The highest BCUT2D eigenvalue weighted by atomic mass is 16.4. The van der Waals surface area contributed by atoms with Gasteiger partial charge in [0.15, 0.2) is 0 Å². The first-order valence-electron chi connectivity index (χ1n) is 13.3. The van der Waals surface area contributed by atoms with Gasteiger partial charge in [0, 0.05) is 13.5 Å². The fourth-order valence-corrected chi connectivity index (χ4v) is 9.21. The third-order valence-corrected chi connectivity index (χ3v) is 11.0. The summed E-state index contributed by atoms with van der Waals surface area (Å²) in [5.41, 5.74) is 0.449. The standard InChI is InChI=1S/C27H45NO5/c1-16(5-8-23(31)28(4)15-24(32)33)19-6-7-20-25-21(10-12-27(19,20)3)26(2)11-9-18(29)13-17(26)14-22(25)30/h16-22,25,29-30H,5-15H2,1-4H3,(H,32,33)/t16?,17?,18-,19-,20?,21?,22?,25?,26+,27-/m1/s1. The van der Waals surface area contributed by atoms with Crippen LogP contribution in [0.1, 0.15) is 85.0 Å². The minimum atomic E-state index is -0.976. The number of aliphatic hydroxyl groups is 2. The average Bonchev–Trinajstić information content (AvgIpc) is 3.09. The van der Waals surface area contributed by atoms with Crippen LogP contribution in [0, 0.1) is 46.3 Å². The maximum atomic E-state index is 12.4. The third kappa shape index (κ3) is 4.35. The Bertz CT molecular complexity index is 757. The van der Waals surface area contributed by atoms with Crippen molar-refractivity contribution < 1.29 is 24.9 Å². The van der Waals surface area contributed by atoms with Gasteiger partial charge in [-0.2, -0.15) is 0 Å². The molecule has 33 heavy (non-hydrogen) atoms. The fourth-order valence-electron chi connectivity index (χ4n) is 9.21. The van der Waals surface area contributed by atoms with Crippen molar-refractivity contribution in [2.24, 2.45) is 46.3 Å². The van der Waals surface area contributed by atoms with Crippen molar-refractivity contribution in [1.29, 1.82) is 0 Å². The minimum absolute atomic E-state index is 0.0891. The molecule has 0 radical (unpaired) electrons. The van der Waals surface area contributed by atoms with Crippen LogP contribution in [0.5, 0.6) is 0 Å². The summed E-state index contributed by atoms with van der Waals surface area (Å²) < 4.78 is 0. The molecule has 0 aromatic heterocycles. The third-order valence-electron chi connectivity index (χ3n) is 11.0. The lowest BCUT2D eigenvalue weighted by Crippen LogP contribution is -2.58. The van der Waals surface area contributed by atoms with Crippen molar-refractivity contribution in [1.82, 2.24) is 4.90 Å². The first kappa shape index (κ1) is 25.0. The summed E-state index contributed by atoms with van der Waals surface area (Å²) in [6.07, 6.45) is 9.10. The highest BCUT2D eigenvalue weighted by Gasteiger charge is 2.62. The van der Waals surface area contributed by atoms with E-state index in [9.17, 15) is 19.8 Å². The Morgan fingerprint density at radius 2 is 1.67 bits per heavy atom. The second-order valence-electron chi connectivity index (χ2n) is 12.6. The second kappa shape index (κ2) is 9.14. The van der Waals surface area contributed by atoms with Gasteiger partial charge in [-0.25, -0.2) is 0 Å². The summed E-state index contributed by atoms with van der Waals surface area (Å²) in [6.45, 7) is 6.93. The van der Waals surface area contributed by atoms with Gasteiger partial charge in [0.25, 0.3) is 0 Å². The predicted molar refractivity (Wildman–Crippen MR) is 126 cm³/mol. The Morgan fingerprint density at radius 1 is 1.00 bits per heavy atom. The zero-order chi connectivity index (χ0) is 24.1. The maximum Gasteiger partial charge on any atom is 0.323 e. The maximum absolute atomic E-state index is 12.4. The number of carbonyl (C=O) groups is 2. The van der Waals surface area contributed by atoms with Crippen LogP contribution in [0.2, 0.25) is 0 Å². The molecule has 4 saturated carbocycles. The van der Waals surface area contributed by atoms with Crippen molar-refractivity contribution in [3.8, 4) is 0 Å². The smallest absolute Gasteiger partial charge is 0.323 e. The number of fused-ring (bicyclic) bond motifs is 5. The molecular weight excluding hydrogens is 418 g/mol. The molecular formula is C27H45NO5. The highest BCUT2D eigenvalue weighted by Crippen LogP contribution is 2.68. The van der Waals surface area contributed by atoms with Gasteiger partial charge in [-0.15, -0.1) is 0 Å². The van der Waals surface area contributed by atoms with Crippen molar-refractivity contribution in [2.75, 3.05) is 13.6 Å². The molecule has 0 bridgehead atoms. The number of carbonyl (C=O) groups excluding carboxylic acids is 1. The van der Waals surface area contributed by atoms with Crippen LogP contribution in [-0.2, 0) is 9.59 Å². The number of carboxylic acids is 1. The average molecular weight is 464 g/mol. The summed E-state index contributed by atoms with van der Waals surface area (Å²) >= 11 is 0. The summed E-state index contributed by atoms with van der Waals surface area (Å²) in [5, 5.41) is 30.6. The Hall–Kier alpha value is -1.14. The van der Waals surface area contributed by atoms with Gasteiger partial charge in [-0.1, -0.05) is 20.8 Å². The summed E-state index contributed by atoms with van der Waals surface area (Å²) in [4.78, 5) is 24.6. The van der Waals surface area contributed by atoms with Gasteiger partial charge < -0.3 is 20.2 Å². The lowest BCUT2D eigenvalue weighted by Gasteiger charge is -2.62. The Balaban J connectivity index is 1.44. The number of rotatable bonds is 6. The molecule has 1 amide bonds. The SMILES string of the molecule is CC(CCC(=O)N(C)CC(=O)O)[C@H]1CCC2C3C(O)CC4C[C@H](O)CC[C@]4(C)C3CC[C@@]21C. The van der Waals surface area contributed by atoms with Crippen molar-refractivity contribution >= 4 is 11.9 Å². The topological polar surface area (TPSA) is 98.1 Å². The number of amides is 1. The Kier molecular flexibility index (Phi) is 6.92. The molecule has 3 N–H and O–H groups in total.